The maximum atomic E-state index is 11.9. The van der Waals surface area contributed by atoms with E-state index in [1.807, 2.05) is 13.0 Å². The number of carbonyl (C=O) groups is 1. The highest BCUT2D eigenvalue weighted by molar-refractivity contribution is 5.80. The van der Waals surface area contributed by atoms with Crippen LogP contribution in [-0.2, 0) is 9.53 Å². The predicted molar refractivity (Wildman–Crippen MR) is 51.4 cm³/mol. The second kappa shape index (κ2) is 4.43. The Balaban J connectivity index is 2.61. The maximum absolute atomic E-state index is 11.9. The molecule has 0 aromatic rings. The Morgan fingerprint density at radius 1 is 1.71 bits per heavy atom. The first-order chi connectivity index (χ1) is 6.57. The number of amides is 1. The molecule has 0 aromatic heterocycles. The average Bonchev–Trinajstić information content (AvgIpc) is 2.61. The van der Waals surface area contributed by atoms with Crippen LogP contribution in [0.25, 0.3) is 0 Å². The van der Waals surface area contributed by atoms with E-state index in [9.17, 15) is 4.79 Å². The number of hydrogen-bond acceptors (Lipinski definition) is 3. The Labute approximate surface area is 84.4 Å². The largest absolute Gasteiger partial charge is 0.378 e. The van der Waals surface area contributed by atoms with Gasteiger partial charge in [-0.15, -0.1) is 0 Å². The summed E-state index contributed by atoms with van der Waals surface area (Å²) < 4.78 is 5.32. The zero-order valence-electron chi connectivity index (χ0n) is 8.86. The molecule has 1 aliphatic rings. The lowest BCUT2D eigenvalue weighted by molar-refractivity contribution is -0.136. The smallest absolute Gasteiger partial charge is 0.229 e. The average molecular weight is 196 g/mol. The molecule has 3 unspecified atom stereocenters. The molecule has 3 atom stereocenters. The minimum Gasteiger partial charge on any atom is -0.378 e. The molecule has 1 fully saturated rings. The van der Waals surface area contributed by atoms with E-state index in [2.05, 4.69) is 0 Å². The molecular formula is C10H16N2O2. The molecule has 0 spiro atoms. The minimum absolute atomic E-state index is 0.0176. The molecule has 4 heteroatoms. The fourth-order valence-electron chi connectivity index (χ4n) is 1.60. The second-order valence-electron chi connectivity index (χ2n) is 3.73. The van der Waals surface area contributed by atoms with Gasteiger partial charge in [0, 0.05) is 13.7 Å². The molecule has 1 saturated heterocycles. The Kier molecular flexibility index (Phi) is 3.48. The SMILES string of the molecule is CC1OCCC1C(=O)N(C)C(C)C#N. The predicted octanol–water partition coefficient (Wildman–Crippen LogP) is 0.782. The third kappa shape index (κ3) is 2.05. The van der Waals surface area contributed by atoms with Gasteiger partial charge in [-0.25, -0.2) is 0 Å². The molecule has 0 saturated carbocycles. The summed E-state index contributed by atoms with van der Waals surface area (Å²) in [6.07, 6.45) is 0.749. The van der Waals surface area contributed by atoms with E-state index in [-0.39, 0.29) is 24.0 Å². The molecule has 14 heavy (non-hydrogen) atoms. The van der Waals surface area contributed by atoms with Crippen LogP contribution in [0.15, 0.2) is 0 Å². The number of hydrogen-bond donors (Lipinski definition) is 0. The van der Waals surface area contributed by atoms with Gasteiger partial charge in [-0.2, -0.15) is 5.26 Å². The first-order valence-corrected chi connectivity index (χ1v) is 4.85. The standard InChI is InChI=1S/C10H16N2O2/c1-7(6-11)12(3)10(13)9-4-5-14-8(9)2/h7-9H,4-5H2,1-3H3. The molecule has 0 bridgehead atoms. The zero-order valence-corrected chi connectivity index (χ0v) is 8.86. The molecule has 1 aliphatic heterocycles. The van der Waals surface area contributed by atoms with Crippen molar-refractivity contribution >= 4 is 5.91 Å². The molecule has 0 aromatic carbocycles. The third-order valence-corrected chi connectivity index (χ3v) is 2.81. The van der Waals surface area contributed by atoms with Gasteiger partial charge in [0.2, 0.25) is 5.91 Å². The highest BCUT2D eigenvalue weighted by Crippen LogP contribution is 2.22. The Bertz CT molecular complexity index is 259. The van der Waals surface area contributed by atoms with Crippen LogP contribution in [0.4, 0.5) is 0 Å². The summed E-state index contributed by atoms with van der Waals surface area (Å²) in [4.78, 5) is 13.3. The van der Waals surface area contributed by atoms with Gasteiger partial charge in [-0.1, -0.05) is 0 Å². The second-order valence-corrected chi connectivity index (χ2v) is 3.73. The van der Waals surface area contributed by atoms with Crippen molar-refractivity contribution in [1.82, 2.24) is 4.90 Å². The Morgan fingerprint density at radius 3 is 2.79 bits per heavy atom. The fraction of sp³-hybridized carbons (Fsp3) is 0.800. The van der Waals surface area contributed by atoms with Crippen molar-refractivity contribution < 1.29 is 9.53 Å². The van der Waals surface area contributed by atoms with Gasteiger partial charge in [0.05, 0.1) is 18.1 Å². The van der Waals surface area contributed by atoms with E-state index in [1.165, 1.54) is 4.90 Å². The van der Waals surface area contributed by atoms with Crippen LogP contribution < -0.4 is 0 Å². The third-order valence-electron chi connectivity index (χ3n) is 2.81. The van der Waals surface area contributed by atoms with Crippen LogP contribution in [0.2, 0.25) is 0 Å². The van der Waals surface area contributed by atoms with Gasteiger partial charge in [0.25, 0.3) is 0 Å². The Hall–Kier alpha value is -1.08. The van der Waals surface area contributed by atoms with Gasteiger partial charge in [0.1, 0.15) is 6.04 Å². The molecule has 1 rings (SSSR count). The first-order valence-electron chi connectivity index (χ1n) is 4.85. The molecule has 0 radical (unpaired) electrons. The summed E-state index contributed by atoms with van der Waals surface area (Å²) in [5.41, 5.74) is 0. The molecule has 1 heterocycles. The molecule has 0 aliphatic carbocycles. The van der Waals surface area contributed by atoms with E-state index in [0.717, 1.165) is 6.42 Å². The number of rotatable bonds is 2. The molecular weight excluding hydrogens is 180 g/mol. The van der Waals surface area contributed by atoms with Gasteiger partial charge >= 0.3 is 0 Å². The van der Waals surface area contributed by atoms with Gasteiger partial charge in [-0.05, 0) is 20.3 Å². The Morgan fingerprint density at radius 2 is 2.36 bits per heavy atom. The molecule has 4 nitrogen and oxygen atoms in total. The summed E-state index contributed by atoms with van der Waals surface area (Å²) in [6.45, 7) is 4.27. The highest BCUT2D eigenvalue weighted by Gasteiger charge is 2.33. The molecule has 0 N–H and O–H groups in total. The summed E-state index contributed by atoms with van der Waals surface area (Å²) in [5, 5.41) is 8.69. The quantitative estimate of drug-likeness (QED) is 0.656. The monoisotopic (exact) mass is 196 g/mol. The molecule has 1 amide bonds. The van der Waals surface area contributed by atoms with Crippen molar-refractivity contribution in [3.8, 4) is 6.07 Å². The number of nitrogens with zero attached hydrogens (tertiary/aromatic N) is 2. The van der Waals surface area contributed by atoms with Gasteiger partial charge in [0.15, 0.2) is 0 Å². The highest BCUT2D eigenvalue weighted by atomic mass is 16.5. The van der Waals surface area contributed by atoms with Crippen LogP contribution in [0.3, 0.4) is 0 Å². The van der Waals surface area contributed by atoms with Crippen molar-refractivity contribution in [2.75, 3.05) is 13.7 Å². The normalized spacial score (nSPS) is 28.1. The van der Waals surface area contributed by atoms with Crippen LogP contribution in [0, 0.1) is 17.2 Å². The van der Waals surface area contributed by atoms with E-state index in [4.69, 9.17) is 10.00 Å². The lowest BCUT2D eigenvalue weighted by atomic mass is 10.0. The lowest BCUT2D eigenvalue weighted by Crippen LogP contribution is -2.40. The topological polar surface area (TPSA) is 53.3 Å². The van der Waals surface area contributed by atoms with Crippen molar-refractivity contribution in [2.45, 2.75) is 32.4 Å². The van der Waals surface area contributed by atoms with E-state index in [0.29, 0.717) is 6.61 Å². The van der Waals surface area contributed by atoms with E-state index in [1.54, 1.807) is 14.0 Å². The summed E-state index contributed by atoms with van der Waals surface area (Å²) in [5.74, 6) is -0.0557. The minimum atomic E-state index is -0.365. The molecule has 78 valence electrons. The van der Waals surface area contributed by atoms with Crippen molar-refractivity contribution in [2.24, 2.45) is 5.92 Å². The van der Waals surface area contributed by atoms with Crippen LogP contribution >= 0.6 is 0 Å². The maximum Gasteiger partial charge on any atom is 0.229 e. The number of carbonyl (C=O) groups excluding carboxylic acids is 1. The zero-order chi connectivity index (χ0) is 10.7. The van der Waals surface area contributed by atoms with Crippen molar-refractivity contribution in [3.05, 3.63) is 0 Å². The number of nitriles is 1. The number of ether oxygens (including phenoxy) is 1. The summed E-state index contributed by atoms with van der Waals surface area (Å²) in [7, 11) is 1.67. The van der Waals surface area contributed by atoms with E-state index < -0.39 is 0 Å². The van der Waals surface area contributed by atoms with Crippen LogP contribution in [0.5, 0.6) is 0 Å². The van der Waals surface area contributed by atoms with E-state index >= 15 is 0 Å². The first kappa shape index (κ1) is 11.0. The van der Waals surface area contributed by atoms with Gasteiger partial charge < -0.3 is 9.64 Å². The van der Waals surface area contributed by atoms with Crippen LogP contribution in [-0.4, -0.2) is 36.6 Å². The summed E-state index contributed by atoms with van der Waals surface area (Å²) in [6, 6.07) is 1.68. The van der Waals surface area contributed by atoms with Crippen molar-refractivity contribution in [3.63, 3.8) is 0 Å². The van der Waals surface area contributed by atoms with Crippen molar-refractivity contribution in [1.29, 1.82) is 5.26 Å². The lowest BCUT2D eigenvalue weighted by Gasteiger charge is -2.24. The summed E-state index contributed by atoms with van der Waals surface area (Å²) >= 11 is 0. The van der Waals surface area contributed by atoms with Crippen LogP contribution in [0.1, 0.15) is 20.3 Å². The fourth-order valence-corrected chi connectivity index (χ4v) is 1.60. The van der Waals surface area contributed by atoms with Gasteiger partial charge in [-0.3, -0.25) is 4.79 Å².